The van der Waals surface area contributed by atoms with Crippen LogP contribution in [0.4, 0.5) is 8.78 Å². The zero-order valence-electron chi connectivity index (χ0n) is 5.90. The first-order chi connectivity index (χ1) is 5.04. The molecule has 0 amide bonds. The van der Waals surface area contributed by atoms with Crippen molar-refractivity contribution < 1.29 is 8.78 Å². The molecule has 4 heteroatoms. The van der Waals surface area contributed by atoms with Gasteiger partial charge in [-0.25, -0.2) is 8.78 Å². The van der Waals surface area contributed by atoms with Gasteiger partial charge in [-0.2, -0.15) is 0 Å². The molecule has 0 saturated carbocycles. The summed E-state index contributed by atoms with van der Waals surface area (Å²) in [6, 6.07) is 3.05. The molecule has 62 valence electrons. The van der Waals surface area contributed by atoms with Crippen molar-refractivity contribution in [3.63, 3.8) is 0 Å². The van der Waals surface area contributed by atoms with Gasteiger partial charge in [0.25, 0.3) is 5.92 Å². The van der Waals surface area contributed by atoms with Crippen LogP contribution >= 0.6 is 22.9 Å². The lowest BCUT2D eigenvalue weighted by molar-refractivity contribution is 0.0215. The summed E-state index contributed by atoms with van der Waals surface area (Å²) in [6.45, 7) is 0.886. The van der Waals surface area contributed by atoms with Crippen LogP contribution in [0.15, 0.2) is 12.1 Å². The number of halogens is 3. The van der Waals surface area contributed by atoms with E-state index in [0.29, 0.717) is 5.88 Å². The molecule has 11 heavy (non-hydrogen) atoms. The zero-order chi connectivity index (χ0) is 8.48. The number of hydrogen-bond acceptors (Lipinski definition) is 1. The number of thiophene rings is 1. The molecule has 0 aliphatic heterocycles. The van der Waals surface area contributed by atoms with E-state index in [4.69, 9.17) is 11.6 Å². The molecular formula is C7H7ClF2S. The minimum absolute atomic E-state index is 0.0770. The molecule has 0 N–H and O–H groups in total. The Labute approximate surface area is 72.8 Å². The first-order valence-corrected chi connectivity index (χ1v) is 4.42. The topological polar surface area (TPSA) is 0 Å². The fraction of sp³-hybridized carbons (Fsp3) is 0.429. The Bertz CT molecular complexity index is 239. The van der Waals surface area contributed by atoms with Gasteiger partial charge < -0.3 is 0 Å². The van der Waals surface area contributed by atoms with Gasteiger partial charge in [0.2, 0.25) is 0 Å². The van der Waals surface area contributed by atoms with E-state index in [-0.39, 0.29) is 4.88 Å². The highest BCUT2D eigenvalue weighted by Gasteiger charge is 2.25. The number of rotatable bonds is 2. The minimum atomic E-state index is -2.73. The third-order valence-corrected chi connectivity index (χ3v) is 2.93. The summed E-state index contributed by atoms with van der Waals surface area (Å²) in [4.78, 5) is 0.858. The van der Waals surface area contributed by atoms with Crippen molar-refractivity contribution in [3.8, 4) is 0 Å². The summed E-state index contributed by atoms with van der Waals surface area (Å²) in [5, 5.41) is 0. The van der Waals surface area contributed by atoms with Gasteiger partial charge in [-0.1, -0.05) is 0 Å². The van der Waals surface area contributed by atoms with E-state index in [1.165, 1.54) is 6.07 Å². The Morgan fingerprint density at radius 2 is 2.18 bits per heavy atom. The van der Waals surface area contributed by atoms with Gasteiger partial charge in [-0.3, -0.25) is 0 Å². The highest BCUT2D eigenvalue weighted by molar-refractivity contribution is 7.12. The smallest absolute Gasteiger partial charge is 0.201 e. The van der Waals surface area contributed by atoms with Crippen molar-refractivity contribution in [2.45, 2.75) is 18.7 Å². The Morgan fingerprint density at radius 1 is 1.55 bits per heavy atom. The van der Waals surface area contributed by atoms with Crippen LogP contribution in [0.2, 0.25) is 0 Å². The van der Waals surface area contributed by atoms with E-state index in [1.807, 2.05) is 0 Å². The van der Waals surface area contributed by atoms with E-state index in [9.17, 15) is 8.78 Å². The Balaban J connectivity index is 2.89. The quantitative estimate of drug-likeness (QED) is 0.634. The Morgan fingerprint density at radius 3 is 2.45 bits per heavy atom. The normalized spacial score (nSPS) is 12.0. The van der Waals surface area contributed by atoms with Crippen molar-refractivity contribution >= 4 is 22.9 Å². The highest BCUT2D eigenvalue weighted by Crippen LogP contribution is 2.33. The first-order valence-electron chi connectivity index (χ1n) is 3.07. The molecule has 0 radical (unpaired) electrons. The fourth-order valence-electron chi connectivity index (χ4n) is 0.686. The van der Waals surface area contributed by atoms with Crippen LogP contribution < -0.4 is 0 Å². The van der Waals surface area contributed by atoms with Crippen LogP contribution in [0.3, 0.4) is 0 Å². The monoisotopic (exact) mass is 196 g/mol. The molecule has 1 aromatic heterocycles. The van der Waals surface area contributed by atoms with Crippen molar-refractivity contribution in [1.82, 2.24) is 0 Å². The molecule has 0 saturated heterocycles. The molecule has 0 spiro atoms. The maximum Gasteiger partial charge on any atom is 0.279 e. The molecule has 0 atom stereocenters. The van der Waals surface area contributed by atoms with Crippen LogP contribution in [-0.4, -0.2) is 0 Å². The molecule has 1 aromatic rings. The fourth-order valence-corrected chi connectivity index (χ4v) is 1.73. The summed E-state index contributed by atoms with van der Waals surface area (Å²) in [5.41, 5.74) is 0. The SMILES string of the molecule is CC(F)(F)c1ccc(CCl)s1. The predicted molar refractivity (Wildman–Crippen MR) is 43.4 cm³/mol. The first kappa shape index (κ1) is 8.94. The van der Waals surface area contributed by atoms with Gasteiger partial charge in [-0.05, 0) is 12.1 Å². The maximum atomic E-state index is 12.6. The average Bonchev–Trinajstić information content (AvgIpc) is 2.32. The summed E-state index contributed by atoms with van der Waals surface area (Å²) in [6.07, 6.45) is 0. The predicted octanol–water partition coefficient (Wildman–Crippen LogP) is 3.60. The highest BCUT2D eigenvalue weighted by atomic mass is 35.5. The Hall–Kier alpha value is -0.150. The van der Waals surface area contributed by atoms with Gasteiger partial charge >= 0.3 is 0 Å². The lowest BCUT2D eigenvalue weighted by Crippen LogP contribution is -2.02. The molecule has 1 rings (SSSR count). The summed E-state index contributed by atoms with van der Waals surface area (Å²) >= 11 is 6.51. The van der Waals surface area contributed by atoms with E-state index in [1.54, 1.807) is 6.07 Å². The Kier molecular flexibility index (Phi) is 2.50. The van der Waals surface area contributed by atoms with Crippen molar-refractivity contribution in [2.24, 2.45) is 0 Å². The van der Waals surface area contributed by atoms with Gasteiger partial charge in [0.05, 0.1) is 10.8 Å². The molecule has 0 bridgehead atoms. The van der Waals surface area contributed by atoms with Crippen molar-refractivity contribution in [3.05, 3.63) is 21.9 Å². The maximum absolute atomic E-state index is 12.6. The van der Waals surface area contributed by atoms with E-state index >= 15 is 0 Å². The average molecular weight is 197 g/mol. The molecule has 0 aromatic carbocycles. The third-order valence-electron chi connectivity index (χ3n) is 1.23. The van der Waals surface area contributed by atoms with Gasteiger partial charge in [0.1, 0.15) is 0 Å². The second-order valence-electron chi connectivity index (χ2n) is 2.29. The lowest BCUT2D eigenvalue weighted by atomic mass is 10.3. The zero-order valence-corrected chi connectivity index (χ0v) is 7.48. The van der Waals surface area contributed by atoms with Crippen LogP contribution in [0.5, 0.6) is 0 Å². The van der Waals surface area contributed by atoms with Gasteiger partial charge in [0.15, 0.2) is 0 Å². The van der Waals surface area contributed by atoms with Crippen molar-refractivity contribution in [2.75, 3.05) is 0 Å². The summed E-state index contributed by atoms with van der Waals surface area (Å²) in [5.74, 6) is -2.42. The molecule has 0 aliphatic carbocycles. The largest absolute Gasteiger partial charge is 0.279 e. The van der Waals surface area contributed by atoms with Gasteiger partial charge in [0, 0.05) is 11.8 Å². The molecule has 0 fully saturated rings. The lowest BCUT2D eigenvalue weighted by Gasteiger charge is -2.05. The van der Waals surface area contributed by atoms with E-state index in [0.717, 1.165) is 23.1 Å². The van der Waals surface area contributed by atoms with E-state index in [2.05, 4.69) is 0 Å². The van der Waals surface area contributed by atoms with Crippen LogP contribution in [0, 0.1) is 0 Å². The minimum Gasteiger partial charge on any atom is -0.201 e. The summed E-state index contributed by atoms with van der Waals surface area (Å²) < 4.78 is 25.1. The summed E-state index contributed by atoms with van der Waals surface area (Å²) in [7, 11) is 0. The molecule has 0 nitrogen and oxygen atoms in total. The molecule has 0 aliphatic rings. The standard InChI is InChI=1S/C7H7ClF2S/c1-7(9,10)6-3-2-5(4-8)11-6/h2-3H,4H2,1H3. The third kappa shape index (κ3) is 2.14. The second-order valence-corrected chi connectivity index (χ2v) is 3.72. The number of hydrogen-bond donors (Lipinski definition) is 0. The molecule has 0 unspecified atom stereocenters. The van der Waals surface area contributed by atoms with E-state index < -0.39 is 5.92 Å². The van der Waals surface area contributed by atoms with Crippen molar-refractivity contribution in [1.29, 1.82) is 0 Å². The second kappa shape index (κ2) is 3.07. The molecular weight excluding hydrogens is 190 g/mol. The van der Waals surface area contributed by atoms with Crippen LogP contribution in [0.25, 0.3) is 0 Å². The molecule has 1 heterocycles. The number of alkyl halides is 3. The van der Waals surface area contributed by atoms with Crippen LogP contribution in [0.1, 0.15) is 16.7 Å². The van der Waals surface area contributed by atoms with Gasteiger partial charge in [-0.15, -0.1) is 22.9 Å². The van der Waals surface area contributed by atoms with Crippen LogP contribution in [-0.2, 0) is 11.8 Å².